The van der Waals surface area contributed by atoms with E-state index >= 15 is 0 Å². The molecule has 1 fully saturated rings. The van der Waals surface area contributed by atoms with Gasteiger partial charge in [0.2, 0.25) is 15.9 Å². The van der Waals surface area contributed by atoms with Crippen LogP contribution in [0.25, 0.3) is 0 Å². The molecule has 0 aromatic rings. The summed E-state index contributed by atoms with van der Waals surface area (Å²) in [5, 5.41) is 8.61. The molecule has 0 bridgehead atoms. The van der Waals surface area contributed by atoms with Crippen molar-refractivity contribution in [2.45, 2.75) is 44.6 Å². The molecule has 0 radical (unpaired) electrons. The smallest absolute Gasteiger partial charge is 0.303 e. The zero-order chi connectivity index (χ0) is 15.2. The van der Waals surface area contributed by atoms with Gasteiger partial charge in [0.05, 0.1) is 12.7 Å². The maximum Gasteiger partial charge on any atom is 0.303 e. The number of carboxylic acid groups (broad SMARTS) is 1. The van der Waals surface area contributed by atoms with Gasteiger partial charge in [-0.25, -0.2) is 13.1 Å². The molecule has 1 unspecified atom stereocenters. The highest BCUT2D eigenvalue weighted by Gasteiger charge is 2.26. The number of hydrogen-bond donors (Lipinski definition) is 2. The average Bonchev–Trinajstić information content (AvgIpc) is 2.35. The van der Waals surface area contributed by atoms with E-state index in [1.54, 1.807) is 4.90 Å². The highest BCUT2D eigenvalue weighted by Crippen LogP contribution is 2.20. The van der Waals surface area contributed by atoms with Crippen LogP contribution >= 0.6 is 0 Å². The van der Waals surface area contributed by atoms with E-state index in [1.807, 2.05) is 0 Å². The number of piperidine rings is 1. The molecule has 0 aliphatic carbocycles. The van der Waals surface area contributed by atoms with E-state index in [9.17, 15) is 18.0 Å². The highest BCUT2D eigenvalue weighted by molar-refractivity contribution is 7.88. The van der Waals surface area contributed by atoms with Crippen molar-refractivity contribution in [3.05, 3.63) is 0 Å². The van der Waals surface area contributed by atoms with Crippen LogP contribution in [-0.2, 0) is 19.6 Å². The Morgan fingerprint density at radius 3 is 2.60 bits per heavy atom. The molecule has 116 valence electrons. The van der Waals surface area contributed by atoms with E-state index < -0.39 is 16.0 Å². The Morgan fingerprint density at radius 1 is 1.30 bits per heavy atom. The molecule has 1 saturated heterocycles. The highest BCUT2D eigenvalue weighted by atomic mass is 32.2. The molecule has 1 heterocycles. The fourth-order valence-electron chi connectivity index (χ4n) is 2.40. The predicted octanol–water partition coefficient (Wildman–Crippen LogP) is 0.172. The Balaban J connectivity index is 2.49. The van der Waals surface area contributed by atoms with Gasteiger partial charge in [-0.05, 0) is 25.7 Å². The minimum Gasteiger partial charge on any atom is -0.481 e. The van der Waals surface area contributed by atoms with Crippen molar-refractivity contribution >= 4 is 21.9 Å². The van der Waals surface area contributed by atoms with E-state index in [1.165, 1.54) is 0 Å². The Kier molecular flexibility index (Phi) is 6.41. The standard InChI is InChI=1S/C12H22N2O5S/c1-20(18,19)13-8-7-10-4-2-3-9-14(10)11(15)5-6-12(16)17/h10,13H,2-9H2,1H3,(H,16,17). The quantitative estimate of drug-likeness (QED) is 0.698. The van der Waals surface area contributed by atoms with Gasteiger partial charge < -0.3 is 10.0 Å². The summed E-state index contributed by atoms with van der Waals surface area (Å²) in [6.07, 6.45) is 4.26. The van der Waals surface area contributed by atoms with Crippen LogP contribution in [-0.4, -0.2) is 55.7 Å². The Morgan fingerprint density at radius 2 is 2.00 bits per heavy atom. The first-order valence-corrected chi connectivity index (χ1v) is 8.64. The van der Waals surface area contributed by atoms with Crippen molar-refractivity contribution < 1.29 is 23.1 Å². The number of aliphatic carboxylic acids is 1. The molecule has 20 heavy (non-hydrogen) atoms. The number of carboxylic acids is 1. The summed E-state index contributed by atoms with van der Waals surface area (Å²) in [5.41, 5.74) is 0. The van der Waals surface area contributed by atoms with Crippen molar-refractivity contribution in [2.75, 3.05) is 19.3 Å². The second-order valence-electron chi connectivity index (χ2n) is 5.09. The van der Waals surface area contributed by atoms with Crippen molar-refractivity contribution in [2.24, 2.45) is 0 Å². The first kappa shape index (κ1) is 16.9. The largest absolute Gasteiger partial charge is 0.481 e. The third-order valence-electron chi connectivity index (χ3n) is 3.34. The van der Waals surface area contributed by atoms with Gasteiger partial charge in [-0.15, -0.1) is 0 Å². The van der Waals surface area contributed by atoms with E-state index in [0.29, 0.717) is 19.5 Å². The maximum atomic E-state index is 12.0. The predicted molar refractivity (Wildman–Crippen MR) is 73.7 cm³/mol. The zero-order valence-electron chi connectivity index (χ0n) is 11.7. The SMILES string of the molecule is CS(=O)(=O)NCCC1CCCCN1C(=O)CCC(=O)O. The summed E-state index contributed by atoms with van der Waals surface area (Å²) in [6.45, 7) is 0.925. The van der Waals surface area contributed by atoms with E-state index in [2.05, 4.69) is 4.72 Å². The molecule has 1 aliphatic rings. The molecule has 2 N–H and O–H groups in total. The summed E-state index contributed by atoms with van der Waals surface area (Å²) in [4.78, 5) is 24.2. The van der Waals surface area contributed by atoms with Gasteiger partial charge >= 0.3 is 5.97 Å². The number of carbonyl (C=O) groups is 2. The lowest BCUT2D eigenvalue weighted by Gasteiger charge is -2.36. The van der Waals surface area contributed by atoms with Crippen LogP contribution in [0.3, 0.4) is 0 Å². The number of likely N-dealkylation sites (tertiary alicyclic amines) is 1. The Bertz CT molecular complexity index is 449. The Labute approximate surface area is 119 Å². The lowest BCUT2D eigenvalue weighted by atomic mass is 9.98. The first-order valence-electron chi connectivity index (χ1n) is 6.75. The number of carbonyl (C=O) groups excluding carboxylic acids is 1. The lowest BCUT2D eigenvalue weighted by Crippen LogP contribution is -2.45. The molecule has 0 saturated carbocycles. The van der Waals surface area contributed by atoms with Gasteiger partial charge in [-0.1, -0.05) is 0 Å². The first-order chi connectivity index (χ1) is 9.29. The van der Waals surface area contributed by atoms with Crippen molar-refractivity contribution in [1.82, 2.24) is 9.62 Å². The van der Waals surface area contributed by atoms with Crippen LogP contribution in [0, 0.1) is 0 Å². The van der Waals surface area contributed by atoms with Crippen LogP contribution in [0.5, 0.6) is 0 Å². The molecule has 0 spiro atoms. The number of rotatable bonds is 7. The zero-order valence-corrected chi connectivity index (χ0v) is 12.5. The number of nitrogens with zero attached hydrogens (tertiary/aromatic N) is 1. The number of amides is 1. The molecule has 7 nitrogen and oxygen atoms in total. The molecule has 8 heteroatoms. The summed E-state index contributed by atoms with van der Waals surface area (Å²) < 4.78 is 24.4. The molecule has 0 aromatic heterocycles. The average molecular weight is 306 g/mol. The maximum absolute atomic E-state index is 12.0. The normalized spacial score (nSPS) is 19.9. The molecule has 1 rings (SSSR count). The summed E-state index contributed by atoms with van der Waals surface area (Å²) >= 11 is 0. The van der Waals surface area contributed by atoms with Gasteiger partial charge in [0.1, 0.15) is 0 Å². The van der Waals surface area contributed by atoms with Gasteiger partial charge in [-0.2, -0.15) is 0 Å². The molecule has 1 atom stereocenters. The Hall–Kier alpha value is -1.15. The lowest BCUT2D eigenvalue weighted by molar-refractivity contribution is -0.142. The van der Waals surface area contributed by atoms with Crippen LogP contribution in [0.1, 0.15) is 38.5 Å². The molecular formula is C12H22N2O5S. The van der Waals surface area contributed by atoms with E-state index in [4.69, 9.17) is 5.11 Å². The summed E-state index contributed by atoms with van der Waals surface area (Å²) in [7, 11) is -3.22. The molecule has 1 amide bonds. The number of sulfonamides is 1. The van der Waals surface area contributed by atoms with Crippen molar-refractivity contribution in [3.63, 3.8) is 0 Å². The second kappa shape index (κ2) is 7.58. The van der Waals surface area contributed by atoms with Gasteiger partial charge in [-0.3, -0.25) is 9.59 Å². The van der Waals surface area contributed by atoms with Gasteiger partial charge in [0, 0.05) is 25.6 Å². The van der Waals surface area contributed by atoms with E-state index in [0.717, 1.165) is 25.5 Å². The van der Waals surface area contributed by atoms with Crippen molar-refractivity contribution in [3.8, 4) is 0 Å². The van der Waals surface area contributed by atoms with E-state index in [-0.39, 0.29) is 24.8 Å². The van der Waals surface area contributed by atoms with Crippen LogP contribution < -0.4 is 4.72 Å². The monoisotopic (exact) mass is 306 g/mol. The molecular weight excluding hydrogens is 284 g/mol. The van der Waals surface area contributed by atoms with Gasteiger partial charge in [0.25, 0.3) is 0 Å². The summed E-state index contributed by atoms with van der Waals surface area (Å²) in [5.74, 6) is -1.14. The minimum atomic E-state index is -3.22. The number of nitrogens with one attached hydrogen (secondary N) is 1. The minimum absolute atomic E-state index is 0.000653. The fraction of sp³-hybridized carbons (Fsp3) is 0.833. The molecule has 1 aliphatic heterocycles. The van der Waals surface area contributed by atoms with Crippen LogP contribution in [0.15, 0.2) is 0 Å². The third-order valence-corrected chi connectivity index (χ3v) is 4.07. The van der Waals surface area contributed by atoms with Crippen molar-refractivity contribution in [1.29, 1.82) is 0 Å². The number of hydrogen-bond acceptors (Lipinski definition) is 4. The topological polar surface area (TPSA) is 104 Å². The summed E-state index contributed by atoms with van der Waals surface area (Å²) in [6, 6.07) is -0.000653. The molecule has 0 aromatic carbocycles. The van der Waals surface area contributed by atoms with Crippen LogP contribution in [0.4, 0.5) is 0 Å². The van der Waals surface area contributed by atoms with Crippen LogP contribution in [0.2, 0.25) is 0 Å². The third kappa shape index (κ3) is 6.33. The second-order valence-corrected chi connectivity index (χ2v) is 6.92. The fourth-order valence-corrected chi connectivity index (χ4v) is 2.89. The van der Waals surface area contributed by atoms with Gasteiger partial charge in [0.15, 0.2) is 0 Å².